The predicted octanol–water partition coefficient (Wildman–Crippen LogP) is 3.61. The molecule has 3 heteroatoms. The fourth-order valence-electron chi connectivity index (χ4n) is 1.92. The molecule has 0 saturated carbocycles. The molecule has 17 heavy (non-hydrogen) atoms. The third-order valence-electron chi connectivity index (χ3n) is 3.07. The SMILES string of the molecule is Cc1ccccc1C(C)NCc1scnc1C. The standard InChI is InChI=1S/C14H18N2S/c1-10-6-4-5-7-13(10)11(2)15-8-14-12(3)16-9-17-14/h4-7,9,11,15H,8H2,1-3H3. The van der Waals surface area contributed by atoms with Crippen molar-refractivity contribution >= 4 is 11.3 Å². The summed E-state index contributed by atoms with van der Waals surface area (Å²) in [7, 11) is 0. The van der Waals surface area contributed by atoms with Gasteiger partial charge in [0.05, 0.1) is 11.2 Å². The molecule has 0 aliphatic carbocycles. The Hall–Kier alpha value is -1.19. The average molecular weight is 246 g/mol. The molecule has 1 aromatic carbocycles. The van der Waals surface area contributed by atoms with Gasteiger partial charge in [-0.3, -0.25) is 0 Å². The van der Waals surface area contributed by atoms with Gasteiger partial charge in [0.15, 0.2) is 0 Å². The Bertz CT molecular complexity index is 490. The molecule has 0 spiro atoms. The van der Waals surface area contributed by atoms with Crippen LogP contribution in [0.15, 0.2) is 29.8 Å². The number of nitrogens with one attached hydrogen (secondary N) is 1. The van der Waals surface area contributed by atoms with E-state index in [-0.39, 0.29) is 0 Å². The Morgan fingerprint density at radius 1 is 1.29 bits per heavy atom. The van der Waals surface area contributed by atoms with Gasteiger partial charge in [0.2, 0.25) is 0 Å². The quantitative estimate of drug-likeness (QED) is 0.891. The predicted molar refractivity (Wildman–Crippen MR) is 73.3 cm³/mol. The van der Waals surface area contributed by atoms with Gasteiger partial charge >= 0.3 is 0 Å². The van der Waals surface area contributed by atoms with Crippen LogP contribution in [0.2, 0.25) is 0 Å². The van der Waals surface area contributed by atoms with Crippen LogP contribution in [0.25, 0.3) is 0 Å². The van der Waals surface area contributed by atoms with Crippen LogP contribution in [0, 0.1) is 13.8 Å². The minimum atomic E-state index is 0.373. The molecule has 0 fully saturated rings. The van der Waals surface area contributed by atoms with Gasteiger partial charge in [-0.1, -0.05) is 24.3 Å². The Morgan fingerprint density at radius 2 is 2.06 bits per heavy atom. The van der Waals surface area contributed by atoms with E-state index in [0.717, 1.165) is 12.2 Å². The van der Waals surface area contributed by atoms with Crippen molar-refractivity contribution in [3.05, 3.63) is 51.5 Å². The van der Waals surface area contributed by atoms with E-state index in [2.05, 4.69) is 55.3 Å². The minimum Gasteiger partial charge on any atom is -0.305 e. The third-order valence-corrected chi connectivity index (χ3v) is 4.00. The van der Waals surface area contributed by atoms with E-state index < -0.39 is 0 Å². The highest BCUT2D eigenvalue weighted by Gasteiger charge is 2.08. The van der Waals surface area contributed by atoms with Gasteiger partial charge in [-0.2, -0.15) is 0 Å². The second-order valence-corrected chi connectivity index (χ2v) is 5.26. The van der Waals surface area contributed by atoms with Crippen molar-refractivity contribution < 1.29 is 0 Å². The summed E-state index contributed by atoms with van der Waals surface area (Å²) in [5, 5.41) is 3.55. The Kier molecular flexibility index (Phi) is 3.92. The summed E-state index contributed by atoms with van der Waals surface area (Å²) >= 11 is 1.72. The van der Waals surface area contributed by atoms with Crippen molar-refractivity contribution in [3.8, 4) is 0 Å². The van der Waals surface area contributed by atoms with Crippen LogP contribution in [-0.2, 0) is 6.54 Å². The van der Waals surface area contributed by atoms with Crippen molar-refractivity contribution in [1.82, 2.24) is 10.3 Å². The summed E-state index contributed by atoms with van der Waals surface area (Å²) in [5.41, 5.74) is 5.76. The molecule has 2 aromatic rings. The summed E-state index contributed by atoms with van der Waals surface area (Å²) in [6.07, 6.45) is 0. The van der Waals surface area contributed by atoms with Crippen LogP contribution in [0.1, 0.15) is 34.7 Å². The van der Waals surface area contributed by atoms with Crippen molar-refractivity contribution in [2.75, 3.05) is 0 Å². The fraction of sp³-hybridized carbons (Fsp3) is 0.357. The van der Waals surface area contributed by atoms with E-state index >= 15 is 0 Å². The second-order valence-electron chi connectivity index (χ2n) is 4.32. The zero-order valence-corrected chi connectivity index (χ0v) is 11.3. The zero-order chi connectivity index (χ0) is 12.3. The van der Waals surface area contributed by atoms with Gasteiger partial charge < -0.3 is 5.32 Å². The Morgan fingerprint density at radius 3 is 2.71 bits per heavy atom. The number of aromatic nitrogens is 1. The summed E-state index contributed by atoms with van der Waals surface area (Å²) < 4.78 is 0. The van der Waals surface area contributed by atoms with Gasteiger partial charge in [-0.15, -0.1) is 11.3 Å². The molecule has 0 saturated heterocycles. The first-order chi connectivity index (χ1) is 8.18. The minimum absolute atomic E-state index is 0.373. The lowest BCUT2D eigenvalue weighted by molar-refractivity contribution is 0.574. The molecule has 0 aliphatic heterocycles. The maximum atomic E-state index is 4.26. The van der Waals surface area contributed by atoms with Crippen LogP contribution >= 0.6 is 11.3 Å². The van der Waals surface area contributed by atoms with E-state index in [0.29, 0.717) is 6.04 Å². The lowest BCUT2D eigenvalue weighted by Crippen LogP contribution is -2.18. The first-order valence-corrected chi connectivity index (χ1v) is 6.74. The van der Waals surface area contributed by atoms with Crippen LogP contribution < -0.4 is 5.32 Å². The van der Waals surface area contributed by atoms with Crippen LogP contribution in [0.4, 0.5) is 0 Å². The van der Waals surface area contributed by atoms with Gasteiger partial charge in [0, 0.05) is 17.5 Å². The molecule has 2 nitrogen and oxygen atoms in total. The Labute approximate surface area is 107 Å². The molecule has 1 heterocycles. The van der Waals surface area contributed by atoms with E-state index in [4.69, 9.17) is 0 Å². The topological polar surface area (TPSA) is 24.9 Å². The largest absolute Gasteiger partial charge is 0.305 e. The van der Waals surface area contributed by atoms with Gasteiger partial charge in [0.25, 0.3) is 0 Å². The van der Waals surface area contributed by atoms with Crippen LogP contribution in [-0.4, -0.2) is 4.98 Å². The van der Waals surface area contributed by atoms with Crippen molar-refractivity contribution in [3.63, 3.8) is 0 Å². The second kappa shape index (κ2) is 5.43. The lowest BCUT2D eigenvalue weighted by Gasteiger charge is -2.16. The van der Waals surface area contributed by atoms with Gasteiger partial charge in [-0.25, -0.2) is 4.98 Å². The maximum Gasteiger partial charge on any atom is 0.0798 e. The molecule has 1 unspecified atom stereocenters. The van der Waals surface area contributed by atoms with Crippen molar-refractivity contribution in [2.45, 2.75) is 33.4 Å². The number of aryl methyl sites for hydroxylation is 2. The molecule has 1 atom stereocenters. The molecule has 1 aromatic heterocycles. The summed E-state index contributed by atoms with van der Waals surface area (Å²) in [6, 6.07) is 8.90. The van der Waals surface area contributed by atoms with Gasteiger partial charge in [0.1, 0.15) is 0 Å². The van der Waals surface area contributed by atoms with Crippen LogP contribution in [0.3, 0.4) is 0 Å². The van der Waals surface area contributed by atoms with E-state index in [1.54, 1.807) is 11.3 Å². The summed E-state index contributed by atoms with van der Waals surface area (Å²) in [5.74, 6) is 0. The molecular weight excluding hydrogens is 228 g/mol. The number of rotatable bonds is 4. The average Bonchev–Trinajstić information content (AvgIpc) is 2.72. The van der Waals surface area contributed by atoms with Gasteiger partial charge in [-0.05, 0) is 31.9 Å². The number of hydrogen-bond donors (Lipinski definition) is 1. The highest BCUT2D eigenvalue weighted by Crippen LogP contribution is 2.18. The Balaban J connectivity index is 2.01. The van der Waals surface area contributed by atoms with Crippen LogP contribution in [0.5, 0.6) is 0 Å². The highest BCUT2D eigenvalue weighted by atomic mass is 32.1. The van der Waals surface area contributed by atoms with Crippen molar-refractivity contribution in [1.29, 1.82) is 0 Å². The van der Waals surface area contributed by atoms with E-state index in [9.17, 15) is 0 Å². The summed E-state index contributed by atoms with van der Waals surface area (Å²) in [6.45, 7) is 7.32. The number of benzene rings is 1. The molecule has 0 aliphatic rings. The number of nitrogens with zero attached hydrogens (tertiary/aromatic N) is 1. The molecular formula is C14H18N2S. The van der Waals surface area contributed by atoms with Crippen molar-refractivity contribution in [2.24, 2.45) is 0 Å². The highest BCUT2D eigenvalue weighted by molar-refractivity contribution is 7.09. The monoisotopic (exact) mass is 246 g/mol. The molecule has 90 valence electrons. The van der Waals surface area contributed by atoms with E-state index in [1.807, 2.05) is 5.51 Å². The molecule has 0 radical (unpaired) electrons. The zero-order valence-electron chi connectivity index (χ0n) is 10.5. The lowest BCUT2D eigenvalue weighted by atomic mass is 10.0. The molecule has 1 N–H and O–H groups in total. The summed E-state index contributed by atoms with van der Waals surface area (Å²) in [4.78, 5) is 5.59. The number of thiazole rings is 1. The number of hydrogen-bond acceptors (Lipinski definition) is 3. The molecule has 2 rings (SSSR count). The first-order valence-electron chi connectivity index (χ1n) is 5.86. The third kappa shape index (κ3) is 2.93. The molecule has 0 bridgehead atoms. The van der Waals surface area contributed by atoms with E-state index in [1.165, 1.54) is 16.0 Å². The smallest absolute Gasteiger partial charge is 0.0798 e. The molecule has 0 amide bonds. The maximum absolute atomic E-state index is 4.26. The fourth-order valence-corrected chi connectivity index (χ4v) is 2.65. The normalized spacial score (nSPS) is 12.6. The first kappa shape index (κ1) is 12.3.